The molecule has 5 nitrogen and oxygen atoms in total. The number of fused-ring (bicyclic) bond motifs is 1. The summed E-state index contributed by atoms with van der Waals surface area (Å²) >= 11 is 15.4. The van der Waals surface area contributed by atoms with E-state index < -0.39 is 0 Å². The molecule has 3 aromatic rings. The Morgan fingerprint density at radius 2 is 2.05 bits per heavy atom. The maximum absolute atomic E-state index is 6.15. The molecule has 0 aliphatic carbocycles. The second-order valence-electron chi connectivity index (χ2n) is 3.72. The van der Waals surface area contributed by atoms with Crippen molar-refractivity contribution in [2.45, 2.75) is 0 Å². The number of H-pyrrole nitrogens is 1. The Labute approximate surface area is 126 Å². The van der Waals surface area contributed by atoms with Crippen LogP contribution in [0.1, 0.15) is 0 Å². The molecule has 2 aromatic heterocycles. The van der Waals surface area contributed by atoms with Crippen LogP contribution in [0, 0.1) is 0 Å². The van der Waals surface area contributed by atoms with Crippen LogP contribution < -0.4 is 5.32 Å². The lowest BCUT2D eigenvalue weighted by molar-refractivity contribution is 1.09. The van der Waals surface area contributed by atoms with E-state index in [1.807, 2.05) is 12.1 Å². The van der Waals surface area contributed by atoms with Crippen molar-refractivity contribution in [3.63, 3.8) is 0 Å². The molecule has 0 saturated carbocycles. The highest BCUT2D eigenvalue weighted by molar-refractivity contribution is 9.10. The number of aromatic amines is 1. The van der Waals surface area contributed by atoms with Crippen LogP contribution in [0.3, 0.4) is 0 Å². The molecule has 2 heterocycles. The summed E-state index contributed by atoms with van der Waals surface area (Å²) in [5.74, 6) is 0.549. The highest BCUT2D eigenvalue weighted by atomic mass is 79.9. The van der Waals surface area contributed by atoms with E-state index in [9.17, 15) is 0 Å². The number of benzene rings is 1. The van der Waals surface area contributed by atoms with E-state index in [1.165, 1.54) is 0 Å². The molecule has 0 aliphatic heterocycles. The van der Waals surface area contributed by atoms with Crippen LogP contribution in [0.2, 0.25) is 10.3 Å². The van der Waals surface area contributed by atoms with E-state index in [0.29, 0.717) is 16.5 Å². The zero-order chi connectivity index (χ0) is 13.4. The lowest BCUT2D eigenvalue weighted by atomic mass is 10.3. The van der Waals surface area contributed by atoms with E-state index >= 15 is 0 Å². The number of halogens is 3. The van der Waals surface area contributed by atoms with Gasteiger partial charge in [-0.15, -0.1) is 0 Å². The molecule has 96 valence electrons. The van der Waals surface area contributed by atoms with Gasteiger partial charge < -0.3 is 5.32 Å². The summed E-state index contributed by atoms with van der Waals surface area (Å²) in [6.45, 7) is 0. The van der Waals surface area contributed by atoms with Crippen molar-refractivity contribution in [1.82, 2.24) is 20.2 Å². The SMILES string of the molecule is Clc1nc(Nc2ccc(Br)cc2Cl)c2cn[nH]c2n1. The fourth-order valence-electron chi connectivity index (χ4n) is 1.62. The van der Waals surface area contributed by atoms with Crippen LogP contribution in [0.15, 0.2) is 28.9 Å². The third kappa shape index (κ3) is 2.51. The maximum atomic E-state index is 6.15. The number of rotatable bonds is 2. The molecule has 0 radical (unpaired) electrons. The smallest absolute Gasteiger partial charge is 0.226 e. The fourth-order valence-corrected chi connectivity index (χ4v) is 2.51. The zero-order valence-electron chi connectivity index (χ0n) is 9.28. The minimum Gasteiger partial charge on any atom is -0.338 e. The highest BCUT2D eigenvalue weighted by Crippen LogP contribution is 2.30. The third-order valence-corrected chi connectivity index (χ3v) is 3.44. The highest BCUT2D eigenvalue weighted by Gasteiger charge is 2.10. The number of aromatic nitrogens is 4. The Hall–Kier alpha value is -1.37. The fraction of sp³-hybridized carbons (Fsp3) is 0. The van der Waals surface area contributed by atoms with Crippen molar-refractivity contribution in [1.29, 1.82) is 0 Å². The van der Waals surface area contributed by atoms with Gasteiger partial charge in [0.25, 0.3) is 0 Å². The molecule has 0 bridgehead atoms. The Kier molecular flexibility index (Phi) is 3.30. The van der Waals surface area contributed by atoms with Gasteiger partial charge >= 0.3 is 0 Å². The van der Waals surface area contributed by atoms with Crippen molar-refractivity contribution in [3.8, 4) is 0 Å². The van der Waals surface area contributed by atoms with Crippen molar-refractivity contribution in [2.24, 2.45) is 0 Å². The summed E-state index contributed by atoms with van der Waals surface area (Å²) in [6.07, 6.45) is 1.63. The molecular formula is C11H6BrCl2N5. The van der Waals surface area contributed by atoms with Crippen LogP contribution in [-0.2, 0) is 0 Å². The number of hydrogen-bond donors (Lipinski definition) is 2. The van der Waals surface area contributed by atoms with Gasteiger partial charge in [-0.3, -0.25) is 5.10 Å². The summed E-state index contributed by atoms with van der Waals surface area (Å²) in [5.41, 5.74) is 1.29. The van der Waals surface area contributed by atoms with Crippen LogP contribution in [0.4, 0.5) is 11.5 Å². The van der Waals surface area contributed by atoms with Gasteiger partial charge in [-0.1, -0.05) is 27.5 Å². The average Bonchev–Trinajstić information content (AvgIpc) is 2.80. The van der Waals surface area contributed by atoms with Gasteiger partial charge in [0.15, 0.2) is 5.65 Å². The molecular weight excluding hydrogens is 353 g/mol. The first kappa shape index (κ1) is 12.7. The van der Waals surface area contributed by atoms with Crippen LogP contribution in [0.5, 0.6) is 0 Å². The summed E-state index contributed by atoms with van der Waals surface area (Å²) in [6, 6.07) is 5.51. The molecule has 2 N–H and O–H groups in total. The Bertz CT molecular complexity index is 758. The summed E-state index contributed by atoms with van der Waals surface area (Å²) in [5, 5.41) is 11.2. The maximum Gasteiger partial charge on any atom is 0.226 e. The van der Waals surface area contributed by atoms with Crippen molar-refractivity contribution >= 4 is 61.7 Å². The second kappa shape index (κ2) is 4.96. The average molecular weight is 359 g/mol. The second-order valence-corrected chi connectivity index (χ2v) is 5.38. The topological polar surface area (TPSA) is 66.5 Å². The first-order chi connectivity index (χ1) is 9.13. The van der Waals surface area contributed by atoms with Gasteiger partial charge in [0.2, 0.25) is 5.28 Å². The van der Waals surface area contributed by atoms with Gasteiger partial charge in [-0.05, 0) is 29.8 Å². The van der Waals surface area contributed by atoms with Crippen LogP contribution >= 0.6 is 39.1 Å². The van der Waals surface area contributed by atoms with Crippen LogP contribution in [0.25, 0.3) is 11.0 Å². The Balaban J connectivity index is 2.07. The van der Waals surface area contributed by atoms with Gasteiger partial charge in [0.05, 0.1) is 22.3 Å². The summed E-state index contributed by atoms with van der Waals surface area (Å²) in [7, 11) is 0. The number of anilines is 2. The Morgan fingerprint density at radius 1 is 1.21 bits per heavy atom. The minimum atomic E-state index is 0.132. The monoisotopic (exact) mass is 357 g/mol. The lowest BCUT2D eigenvalue weighted by Gasteiger charge is -2.08. The number of nitrogens with zero attached hydrogens (tertiary/aromatic N) is 3. The van der Waals surface area contributed by atoms with E-state index in [0.717, 1.165) is 15.5 Å². The van der Waals surface area contributed by atoms with Crippen molar-refractivity contribution in [3.05, 3.63) is 39.2 Å². The van der Waals surface area contributed by atoms with Crippen molar-refractivity contribution in [2.75, 3.05) is 5.32 Å². The molecule has 0 amide bonds. The molecule has 0 saturated heterocycles. The van der Waals surface area contributed by atoms with E-state index in [2.05, 4.69) is 41.4 Å². The van der Waals surface area contributed by atoms with Crippen molar-refractivity contribution < 1.29 is 0 Å². The molecule has 8 heteroatoms. The Morgan fingerprint density at radius 3 is 2.84 bits per heavy atom. The predicted molar refractivity (Wildman–Crippen MR) is 79.1 cm³/mol. The van der Waals surface area contributed by atoms with Gasteiger partial charge in [-0.25, -0.2) is 0 Å². The number of nitrogens with one attached hydrogen (secondary N) is 2. The van der Waals surface area contributed by atoms with Crippen LogP contribution in [-0.4, -0.2) is 20.2 Å². The molecule has 1 aromatic carbocycles. The minimum absolute atomic E-state index is 0.132. The van der Waals surface area contributed by atoms with E-state index in [1.54, 1.807) is 12.3 Å². The lowest BCUT2D eigenvalue weighted by Crippen LogP contribution is -1.97. The predicted octanol–water partition coefficient (Wildman–Crippen LogP) is 4.17. The quantitative estimate of drug-likeness (QED) is 0.675. The van der Waals surface area contributed by atoms with E-state index in [4.69, 9.17) is 23.2 Å². The molecule has 0 spiro atoms. The molecule has 19 heavy (non-hydrogen) atoms. The number of hydrogen-bond acceptors (Lipinski definition) is 4. The first-order valence-electron chi connectivity index (χ1n) is 5.22. The largest absolute Gasteiger partial charge is 0.338 e. The molecule has 0 atom stereocenters. The molecule has 0 fully saturated rings. The summed E-state index contributed by atoms with van der Waals surface area (Å²) < 4.78 is 0.900. The third-order valence-electron chi connectivity index (χ3n) is 2.47. The van der Waals surface area contributed by atoms with E-state index in [-0.39, 0.29) is 5.28 Å². The molecule has 0 unspecified atom stereocenters. The zero-order valence-corrected chi connectivity index (χ0v) is 12.4. The van der Waals surface area contributed by atoms with Gasteiger partial charge in [-0.2, -0.15) is 15.1 Å². The first-order valence-corrected chi connectivity index (χ1v) is 6.77. The standard InChI is InChI=1S/C11H6BrCl2N5/c12-5-1-2-8(7(13)3-5)16-9-6-4-15-19-10(6)18-11(14)17-9/h1-4H,(H2,15,16,17,18,19). The molecule has 0 aliphatic rings. The normalized spacial score (nSPS) is 10.9. The van der Waals surface area contributed by atoms with Gasteiger partial charge in [0.1, 0.15) is 5.82 Å². The summed E-state index contributed by atoms with van der Waals surface area (Å²) in [4.78, 5) is 8.18. The van der Waals surface area contributed by atoms with Gasteiger partial charge in [0, 0.05) is 4.47 Å². The molecule has 3 rings (SSSR count).